The van der Waals surface area contributed by atoms with Gasteiger partial charge in [-0.15, -0.1) is 0 Å². The number of anilines is 1. The van der Waals surface area contributed by atoms with Crippen LogP contribution >= 0.6 is 11.6 Å². The van der Waals surface area contributed by atoms with Crippen molar-refractivity contribution in [1.82, 2.24) is 10.2 Å². The van der Waals surface area contributed by atoms with Gasteiger partial charge in [0.15, 0.2) is 0 Å². The van der Waals surface area contributed by atoms with Crippen molar-refractivity contribution in [3.63, 3.8) is 0 Å². The van der Waals surface area contributed by atoms with E-state index in [1.807, 2.05) is 37.3 Å². The highest BCUT2D eigenvalue weighted by Crippen LogP contribution is 2.26. The quantitative estimate of drug-likeness (QED) is 0.248. The molecule has 4 aromatic carbocycles. The van der Waals surface area contributed by atoms with Crippen LogP contribution in [0.25, 0.3) is 0 Å². The molecule has 1 N–H and O–H groups in total. The molecule has 7 nitrogen and oxygen atoms in total. The summed E-state index contributed by atoms with van der Waals surface area (Å²) in [6.07, 6.45) is 0.196. The number of likely N-dealkylation sites (N-methyl/N-ethyl adjacent to an activating group) is 1. The zero-order valence-corrected chi connectivity index (χ0v) is 24.8. The smallest absolute Gasteiger partial charge is 0.264 e. The second kappa shape index (κ2) is 13.6. The van der Waals surface area contributed by atoms with Crippen LogP contribution in [0.4, 0.5) is 10.1 Å². The number of hydrogen-bond donors (Lipinski definition) is 1. The maximum atomic E-state index is 14.2. The van der Waals surface area contributed by atoms with Crippen LogP contribution in [-0.4, -0.2) is 44.8 Å². The first-order chi connectivity index (χ1) is 20.1. The molecule has 0 aliphatic carbocycles. The van der Waals surface area contributed by atoms with Crippen molar-refractivity contribution in [2.45, 2.75) is 30.8 Å². The number of benzene rings is 4. The maximum Gasteiger partial charge on any atom is 0.264 e. The highest BCUT2D eigenvalue weighted by Gasteiger charge is 2.34. The number of aryl methyl sites for hydroxylation is 1. The average molecular weight is 608 g/mol. The van der Waals surface area contributed by atoms with Crippen LogP contribution in [0.1, 0.15) is 16.7 Å². The van der Waals surface area contributed by atoms with Crippen LogP contribution in [0.3, 0.4) is 0 Å². The molecule has 218 valence electrons. The number of rotatable bonds is 11. The number of sulfonamides is 1. The lowest BCUT2D eigenvalue weighted by Crippen LogP contribution is -2.53. The lowest BCUT2D eigenvalue weighted by atomic mass is 10.0. The van der Waals surface area contributed by atoms with Gasteiger partial charge in [-0.25, -0.2) is 12.8 Å². The van der Waals surface area contributed by atoms with Crippen LogP contribution in [0, 0.1) is 12.7 Å². The molecule has 4 rings (SSSR count). The summed E-state index contributed by atoms with van der Waals surface area (Å²) in [6, 6.07) is 26.3. The number of hydrogen-bond acceptors (Lipinski definition) is 4. The predicted octanol–water partition coefficient (Wildman–Crippen LogP) is 5.37. The van der Waals surface area contributed by atoms with Crippen molar-refractivity contribution in [2.75, 3.05) is 17.9 Å². The number of carbonyl (C=O) groups is 2. The van der Waals surface area contributed by atoms with Gasteiger partial charge in [0.2, 0.25) is 11.8 Å². The van der Waals surface area contributed by atoms with Gasteiger partial charge >= 0.3 is 0 Å². The summed E-state index contributed by atoms with van der Waals surface area (Å²) in [5, 5.41) is 3.10. The Kier molecular flexibility index (Phi) is 9.98. The van der Waals surface area contributed by atoms with E-state index >= 15 is 0 Å². The number of nitrogens with zero attached hydrogens (tertiary/aromatic N) is 2. The molecule has 42 heavy (non-hydrogen) atoms. The molecule has 0 saturated carbocycles. The summed E-state index contributed by atoms with van der Waals surface area (Å²) in [7, 11) is -2.82. The van der Waals surface area contributed by atoms with Gasteiger partial charge < -0.3 is 10.2 Å². The number of nitrogens with one attached hydrogen (secondary N) is 1. The first kappa shape index (κ1) is 30.7. The molecule has 1 atom stereocenters. The highest BCUT2D eigenvalue weighted by molar-refractivity contribution is 7.92. The van der Waals surface area contributed by atoms with E-state index in [2.05, 4.69) is 5.32 Å². The first-order valence-electron chi connectivity index (χ1n) is 13.2. The Labute approximate surface area is 250 Å². The molecule has 0 bridgehead atoms. The minimum atomic E-state index is -4.30. The van der Waals surface area contributed by atoms with Gasteiger partial charge in [-0.05, 0) is 66.6 Å². The van der Waals surface area contributed by atoms with Gasteiger partial charge in [-0.2, -0.15) is 0 Å². The summed E-state index contributed by atoms with van der Waals surface area (Å²) in [6.45, 7) is 1.26. The molecular weight excluding hydrogens is 577 g/mol. The Hall–Kier alpha value is -4.21. The molecule has 0 heterocycles. The lowest BCUT2D eigenvalue weighted by Gasteiger charge is -2.33. The van der Waals surface area contributed by atoms with Crippen molar-refractivity contribution < 1.29 is 22.4 Å². The monoisotopic (exact) mass is 607 g/mol. The zero-order valence-electron chi connectivity index (χ0n) is 23.2. The van der Waals surface area contributed by atoms with E-state index < -0.39 is 40.2 Å². The topological polar surface area (TPSA) is 86.8 Å². The number of amides is 2. The molecule has 4 aromatic rings. The van der Waals surface area contributed by atoms with Crippen molar-refractivity contribution in [3.05, 3.63) is 131 Å². The van der Waals surface area contributed by atoms with Crippen LogP contribution in [0.5, 0.6) is 0 Å². The van der Waals surface area contributed by atoms with Crippen molar-refractivity contribution in [3.8, 4) is 0 Å². The van der Waals surface area contributed by atoms with Crippen molar-refractivity contribution >= 4 is 39.1 Å². The van der Waals surface area contributed by atoms with E-state index in [9.17, 15) is 22.4 Å². The third-order valence-electron chi connectivity index (χ3n) is 6.76. The Morgan fingerprint density at radius 1 is 0.881 bits per heavy atom. The number of carbonyl (C=O) groups excluding carboxylic acids is 2. The van der Waals surface area contributed by atoms with Gasteiger partial charge in [0.25, 0.3) is 10.0 Å². The van der Waals surface area contributed by atoms with Crippen LogP contribution < -0.4 is 9.62 Å². The molecule has 2 amide bonds. The molecule has 0 aromatic heterocycles. The summed E-state index contributed by atoms with van der Waals surface area (Å²) in [5.74, 6) is -1.60. The van der Waals surface area contributed by atoms with Gasteiger partial charge in [-0.3, -0.25) is 13.9 Å². The summed E-state index contributed by atoms with van der Waals surface area (Å²) < 4.78 is 42.4. The van der Waals surface area contributed by atoms with E-state index in [1.165, 1.54) is 11.9 Å². The molecule has 0 saturated heterocycles. The largest absolute Gasteiger partial charge is 0.357 e. The zero-order chi connectivity index (χ0) is 30.3. The average Bonchev–Trinajstić information content (AvgIpc) is 2.98. The molecular formula is C32H31ClFN3O4S. The normalized spacial score (nSPS) is 11.9. The Bertz CT molecular complexity index is 1630. The molecule has 0 aliphatic rings. The van der Waals surface area contributed by atoms with Gasteiger partial charge in [0.05, 0.1) is 10.6 Å². The fourth-order valence-corrected chi connectivity index (χ4v) is 6.15. The van der Waals surface area contributed by atoms with Crippen LogP contribution in [0.2, 0.25) is 5.02 Å². The third-order valence-corrected chi connectivity index (χ3v) is 8.79. The molecule has 0 aliphatic heterocycles. The van der Waals surface area contributed by atoms with E-state index in [1.54, 1.807) is 48.5 Å². The first-order valence-corrected chi connectivity index (χ1v) is 15.0. The van der Waals surface area contributed by atoms with Crippen LogP contribution in [-0.2, 0) is 32.6 Å². The Morgan fingerprint density at radius 2 is 1.52 bits per heavy atom. The van der Waals surface area contributed by atoms with Crippen LogP contribution in [0.15, 0.2) is 108 Å². The second-order valence-corrected chi connectivity index (χ2v) is 12.1. The van der Waals surface area contributed by atoms with E-state index in [0.717, 1.165) is 39.7 Å². The fraction of sp³-hybridized carbons (Fsp3) is 0.188. The van der Waals surface area contributed by atoms with Gasteiger partial charge in [0.1, 0.15) is 18.4 Å². The Balaban J connectivity index is 1.78. The van der Waals surface area contributed by atoms with E-state index in [4.69, 9.17) is 11.6 Å². The standard InChI is InChI=1S/C32H31ClFN3O4S/c1-23-11-15-28(16-12-23)37(42(40,41)29-17-13-27(34)14-18-29)22-31(38)36(21-25-9-6-10-26(33)19-25)30(32(39)35-2)20-24-7-4-3-5-8-24/h3-19,30H,20-22H2,1-2H3,(H,35,39)/t30-/m0/s1. The lowest BCUT2D eigenvalue weighted by molar-refractivity contribution is -0.139. The summed E-state index contributed by atoms with van der Waals surface area (Å²) in [5.41, 5.74) is 2.64. The van der Waals surface area contributed by atoms with Crippen molar-refractivity contribution in [2.24, 2.45) is 0 Å². The van der Waals surface area contributed by atoms with E-state index in [0.29, 0.717) is 10.6 Å². The molecule has 10 heteroatoms. The highest BCUT2D eigenvalue weighted by atomic mass is 35.5. The molecule has 0 fully saturated rings. The molecule has 0 spiro atoms. The predicted molar refractivity (Wildman–Crippen MR) is 162 cm³/mol. The van der Waals surface area contributed by atoms with E-state index in [-0.39, 0.29) is 23.5 Å². The molecule has 0 radical (unpaired) electrons. The maximum absolute atomic E-state index is 14.2. The Morgan fingerprint density at radius 3 is 2.14 bits per heavy atom. The number of halogens is 2. The summed E-state index contributed by atoms with van der Waals surface area (Å²) >= 11 is 6.23. The third kappa shape index (κ3) is 7.54. The van der Waals surface area contributed by atoms with Gasteiger partial charge in [0, 0.05) is 25.0 Å². The van der Waals surface area contributed by atoms with Gasteiger partial charge in [-0.1, -0.05) is 71.8 Å². The SMILES string of the molecule is CNC(=O)[C@H](Cc1ccccc1)N(Cc1cccc(Cl)c1)C(=O)CN(c1ccc(C)cc1)S(=O)(=O)c1ccc(F)cc1. The second-order valence-electron chi connectivity index (χ2n) is 9.77. The molecule has 0 unspecified atom stereocenters. The minimum absolute atomic E-state index is 0.00263. The minimum Gasteiger partial charge on any atom is -0.357 e. The van der Waals surface area contributed by atoms with Crippen molar-refractivity contribution in [1.29, 1.82) is 0 Å². The summed E-state index contributed by atoms with van der Waals surface area (Å²) in [4.78, 5) is 28.7. The fourth-order valence-electron chi connectivity index (χ4n) is 4.53.